The average molecular weight is 261 g/mol. The van der Waals surface area contributed by atoms with Crippen LogP contribution in [0, 0.1) is 0 Å². The Morgan fingerprint density at radius 3 is 2.16 bits per heavy atom. The number of nitrogens with two attached hydrogens (primary N) is 1. The Morgan fingerprint density at radius 2 is 1.58 bits per heavy atom. The highest BCUT2D eigenvalue weighted by Gasteiger charge is 2.16. The van der Waals surface area contributed by atoms with E-state index in [2.05, 4.69) is 0 Å². The van der Waals surface area contributed by atoms with Crippen LogP contribution in [-0.4, -0.2) is 22.2 Å². The zero-order valence-electron chi connectivity index (χ0n) is 10.4. The Kier molecular flexibility index (Phi) is 5.02. The molecule has 5 heteroatoms. The third kappa shape index (κ3) is 4.08. The monoisotopic (exact) mass is 261 g/mol. The summed E-state index contributed by atoms with van der Waals surface area (Å²) < 4.78 is 0. The Labute approximate surface area is 110 Å². The maximum atomic E-state index is 10.8. The Balaban J connectivity index is 0.000000399. The van der Waals surface area contributed by atoms with Gasteiger partial charge >= 0.3 is 5.97 Å². The smallest absolute Gasteiger partial charge is 0.325 e. The first kappa shape index (κ1) is 14.7. The summed E-state index contributed by atoms with van der Waals surface area (Å²) in [6.45, 7) is 1.08. The van der Waals surface area contributed by atoms with Gasteiger partial charge in [-0.1, -0.05) is 42.5 Å². The molecule has 0 aliphatic heterocycles. The van der Waals surface area contributed by atoms with Gasteiger partial charge in [-0.3, -0.25) is 9.59 Å². The first-order chi connectivity index (χ1) is 8.93. The van der Waals surface area contributed by atoms with E-state index in [-0.39, 0.29) is 0 Å². The summed E-state index contributed by atoms with van der Waals surface area (Å²) >= 11 is 0. The highest BCUT2D eigenvalue weighted by Crippen LogP contribution is 2.22. The van der Waals surface area contributed by atoms with Gasteiger partial charge in [0.05, 0.1) is 0 Å². The lowest BCUT2D eigenvalue weighted by molar-refractivity contribution is -0.138. The normalized spacial score (nSPS) is 11.3. The van der Waals surface area contributed by atoms with Gasteiger partial charge < -0.3 is 15.9 Å². The molecule has 19 heavy (non-hydrogen) atoms. The van der Waals surface area contributed by atoms with E-state index in [0.29, 0.717) is 5.56 Å². The van der Waals surface area contributed by atoms with E-state index in [0.717, 1.165) is 17.7 Å². The van der Waals surface area contributed by atoms with Crippen molar-refractivity contribution in [3.63, 3.8) is 0 Å². The van der Waals surface area contributed by atoms with Crippen LogP contribution in [0.15, 0.2) is 42.5 Å². The number of hydrogen-bond donors (Lipinski definition) is 3. The lowest BCUT2D eigenvalue weighted by Crippen LogP contribution is -2.20. The number of carboxylic acid groups (broad SMARTS) is 2. The van der Waals surface area contributed by atoms with Crippen LogP contribution in [0.25, 0.3) is 10.8 Å². The van der Waals surface area contributed by atoms with Gasteiger partial charge in [0.15, 0.2) is 0 Å². The van der Waals surface area contributed by atoms with Crippen molar-refractivity contribution in [1.29, 1.82) is 0 Å². The number of hydrogen-bond acceptors (Lipinski definition) is 3. The molecule has 1 atom stereocenters. The summed E-state index contributed by atoms with van der Waals surface area (Å²) in [4.78, 5) is 19.8. The van der Waals surface area contributed by atoms with Crippen molar-refractivity contribution in [2.75, 3.05) is 0 Å². The zero-order valence-corrected chi connectivity index (χ0v) is 10.4. The van der Waals surface area contributed by atoms with E-state index in [4.69, 9.17) is 20.7 Å². The second-order valence-electron chi connectivity index (χ2n) is 3.90. The van der Waals surface area contributed by atoms with Crippen molar-refractivity contribution in [2.24, 2.45) is 5.73 Å². The molecule has 0 aromatic heterocycles. The summed E-state index contributed by atoms with van der Waals surface area (Å²) in [6.07, 6.45) is 0. The molecule has 5 nitrogen and oxygen atoms in total. The first-order valence-electron chi connectivity index (χ1n) is 5.59. The van der Waals surface area contributed by atoms with Crippen molar-refractivity contribution < 1.29 is 19.8 Å². The Hall–Kier alpha value is -2.40. The maximum Gasteiger partial charge on any atom is 0.325 e. The van der Waals surface area contributed by atoms with Crippen molar-refractivity contribution in [3.8, 4) is 0 Å². The molecule has 4 N–H and O–H groups in total. The molecule has 2 aromatic carbocycles. The van der Waals surface area contributed by atoms with Crippen LogP contribution in [0.4, 0.5) is 0 Å². The van der Waals surface area contributed by atoms with Gasteiger partial charge in [0, 0.05) is 6.92 Å². The third-order valence-electron chi connectivity index (χ3n) is 2.42. The number of aliphatic carboxylic acids is 2. The topological polar surface area (TPSA) is 101 Å². The van der Waals surface area contributed by atoms with Gasteiger partial charge in [0.25, 0.3) is 5.97 Å². The van der Waals surface area contributed by atoms with Crippen LogP contribution in [0.5, 0.6) is 0 Å². The average Bonchev–Trinajstić information content (AvgIpc) is 2.36. The van der Waals surface area contributed by atoms with Crippen LogP contribution < -0.4 is 5.73 Å². The summed E-state index contributed by atoms with van der Waals surface area (Å²) in [6, 6.07) is 12.2. The molecule has 0 fully saturated rings. The quantitative estimate of drug-likeness (QED) is 0.767. The van der Waals surface area contributed by atoms with Gasteiger partial charge in [-0.15, -0.1) is 0 Å². The van der Waals surface area contributed by atoms with Crippen molar-refractivity contribution >= 4 is 22.7 Å². The highest BCUT2D eigenvalue weighted by atomic mass is 16.4. The van der Waals surface area contributed by atoms with E-state index in [1.54, 1.807) is 6.07 Å². The number of rotatable bonds is 2. The molecule has 0 spiro atoms. The molecule has 0 radical (unpaired) electrons. The molecular weight excluding hydrogens is 246 g/mol. The molecule has 0 unspecified atom stereocenters. The number of benzene rings is 2. The van der Waals surface area contributed by atoms with Crippen LogP contribution in [0.3, 0.4) is 0 Å². The second-order valence-corrected chi connectivity index (χ2v) is 3.90. The molecule has 2 rings (SSSR count). The lowest BCUT2D eigenvalue weighted by atomic mass is 9.99. The summed E-state index contributed by atoms with van der Waals surface area (Å²) in [5.74, 6) is -1.84. The predicted molar refractivity (Wildman–Crippen MR) is 71.8 cm³/mol. The van der Waals surface area contributed by atoms with Gasteiger partial charge in [0.1, 0.15) is 6.04 Å². The summed E-state index contributed by atoms with van der Waals surface area (Å²) in [5.41, 5.74) is 6.26. The van der Waals surface area contributed by atoms with Crippen LogP contribution in [0.2, 0.25) is 0 Å². The molecule has 100 valence electrons. The number of carbonyl (C=O) groups is 2. The molecule has 0 heterocycles. The lowest BCUT2D eigenvalue weighted by Gasteiger charge is -2.09. The largest absolute Gasteiger partial charge is 0.481 e. The van der Waals surface area contributed by atoms with Crippen LogP contribution in [0.1, 0.15) is 18.5 Å². The molecule has 0 aliphatic rings. The third-order valence-corrected chi connectivity index (χ3v) is 2.42. The second kappa shape index (κ2) is 6.51. The minimum absolute atomic E-state index is 0.653. The van der Waals surface area contributed by atoms with E-state index in [1.807, 2.05) is 36.4 Å². The van der Waals surface area contributed by atoms with E-state index >= 15 is 0 Å². The fourth-order valence-corrected chi connectivity index (χ4v) is 1.65. The molecule has 0 saturated carbocycles. The minimum atomic E-state index is -1.01. The first-order valence-corrected chi connectivity index (χ1v) is 5.59. The fraction of sp³-hybridized carbons (Fsp3) is 0.143. The molecular formula is C14H15NO4. The number of fused-ring (bicyclic) bond motifs is 1. The van der Waals surface area contributed by atoms with E-state index < -0.39 is 18.0 Å². The van der Waals surface area contributed by atoms with Crippen molar-refractivity contribution in [2.45, 2.75) is 13.0 Å². The standard InChI is InChI=1S/C12H11NO2.C2H4O2/c13-11(12(14)15)10-7-3-5-8-4-1-2-6-9(8)10;1-2(3)4/h1-7,11H,13H2,(H,14,15);1H3,(H,3,4)/t11-;/m1./s1. The summed E-state index contributed by atoms with van der Waals surface area (Å²) in [5, 5.41) is 18.2. The minimum Gasteiger partial charge on any atom is -0.481 e. The molecule has 0 saturated heterocycles. The summed E-state index contributed by atoms with van der Waals surface area (Å²) in [7, 11) is 0. The Morgan fingerprint density at radius 1 is 1.05 bits per heavy atom. The van der Waals surface area contributed by atoms with Gasteiger partial charge in [0.2, 0.25) is 0 Å². The molecule has 2 aromatic rings. The fourth-order valence-electron chi connectivity index (χ4n) is 1.65. The Bertz CT molecular complexity index is 586. The SMILES string of the molecule is CC(=O)O.N[C@@H](C(=O)O)c1cccc2ccccc12. The van der Waals surface area contributed by atoms with E-state index in [9.17, 15) is 4.79 Å². The molecule has 0 amide bonds. The van der Waals surface area contributed by atoms with Gasteiger partial charge in [-0.05, 0) is 16.3 Å². The van der Waals surface area contributed by atoms with Crippen molar-refractivity contribution in [1.82, 2.24) is 0 Å². The van der Waals surface area contributed by atoms with E-state index in [1.165, 1.54) is 0 Å². The van der Waals surface area contributed by atoms with Gasteiger partial charge in [-0.2, -0.15) is 0 Å². The van der Waals surface area contributed by atoms with Crippen molar-refractivity contribution in [3.05, 3.63) is 48.0 Å². The highest BCUT2D eigenvalue weighted by molar-refractivity contribution is 5.90. The van der Waals surface area contributed by atoms with Crippen LogP contribution >= 0.6 is 0 Å². The number of carboxylic acids is 2. The van der Waals surface area contributed by atoms with Gasteiger partial charge in [-0.25, -0.2) is 0 Å². The zero-order chi connectivity index (χ0) is 14.4. The molecule has 0 bridgehead atoms. The molecule has 0 aliphatic carbocycles. The predicted octanol–water partition coefficient (Wildman–Crippen LogP) is 2.02. The van der Waals surface area contributed by atoms with Crippen LogP contribution in [-0.2, 0) is 9.59 Å². The maximum absolute atomic E-state index is 10.8.